The molecule has 2 saturated heterocycles. The van der Waals surface area contributed by atoms with Gasteiger partial charge in [-0.25, -0.2) is 4.21 Å². The Balaban J connectivity index is 1.66. The van der Waals surface area contributed by atoms with Gasteiger partial charge in [-0.3, -0.25) is 9.59 Å². The quantitative estimate of drug-likeness (QED) is 0.755. The van der Waals surface area contributed by atoms with Gasteiger partial charge in [0.15, 0.2) is 0 Å². The summed E-state index contributed by atoms with van der Waals surface area (Å²) >= 11 is 0. The van der Waals surface area contributed by atoms with Crippen molar-refractivity contribution in [3.8, 4) is 0 Å². The van der Waals surface area contributed by atoms with E-state index in [1.807, 2.05) is 20.8 Å². The van der Waals surface area contributed by atoms with Gasteiger partial charge in [-0.2, -0.15) is 4.36 Å². The van der Waals surface area contributed by atoms with E-state index in [2.05, 4.69) is 14.8 Å². The molecule has 0 aliphatic carbocycles. The van der Waals surface area contributed by atoms with E-state index in [9.17, 15) is 13.8 Å². The Kier molecular flexibility index (Phi) is 7.02. The maximum absolute atomic E-state index is 13.3. The predicted octanol–water partition coefficient (Wildman–Crippen LogP) is 3.03. The van der Waals surface area contributed by atoms with Gasteiger partial charge in [0, 0.05) is 30.6 Å². The first-order valence-electron chi connectivity index (χ1n) is 10.8. The largest absolute Gasteiger partial charge is 0.375 e. The van der Waals surface area contributed by atoms with E-state index in [1.54, 1.807) is 6.92 Å². The van der Waals surface area contributed by atoms with E-state index in [0.29, 0.717) is 73.2 Å². The van der Waals surface area contributed by atoms with Crippen LogP contribution < -0.4 is 5.32 Å². The van der Waals surface area contributed by atoms with Gasteiger partial charge < -0.3 is 14.6 Å². The van der Waals surface area contributed by atoms with Crippen molar-refractivity contribution in [2.75, 3.05) is 18.1 Å². The minimum Gasteiger partial charge on any atom is -0.375 e. The number of hydrogen-bond donors (Lipinski definition) is 1. The molecule has 2 aliphatic heterocycles. The Morgan fingerprint density at radius 2 is 2.03 bits per heavy atom. The number of aromatic nitrogens is 1. The molecule has 0 radical (unpaired) electrons. The number of nitrogens with one attached hydrogen (secondary N) is 1. The molecule has 1 atom stereocenters. The minimum absolute atomic E-state index is 0.0723. The maximum Gasteiger partial charge on any atom is 0.290 e. The van der Waals surface area contributed by atoms with Crippen molar-refractivity contribution in [3.05, 3.63) is 17.0 Å². The molecular formula is C21H33N3O5S. The Hall–Kier alpha value is -1.74. The standard InChI is InChI=1S/C21H33N3O5S/c1-5-17-19(15(4)29-23-17)20(26)24-30(27)10-7-21(8-11-30)13-16(6-9-28-21)22-18(25)12-14(2)3/h14,16H,5-13H2,1-4H3,(H,22,25). The van der Waals surface area contributed by atoms with Crippen molar-refractivity contribution in [2.45, 2.75) is 77.9 Å². The molecule has 1 unspecified atom stereocenters. The number of hydrogen-bond acceptors (Lipinski definition) is 6. The van der Waals surface area contributed by atoms with Gasteiger partial charge in [0.1, 0.15) is 11.3 Å². The molecule has 0 aromatic carbocycles. The molecule has 30 heavy (non-hydrogen) atoms. The van der Waals surface area contributed by atoms with Crippen molar-refractivity contribution < 1.29 is 23.1 Å². The monoisotopic (exact) mass is 439 g/mol. The van der Waals surface area contributed by atoms with E-state index < -0.39 is 21.2 Å². The Labute approximate surface area is 178 Å². The SMILES string of the molecule is CCc1noc(C)c1C(=O)N=S1(=O)CCC2(CC1)CC(NC(=O)CC(C)C)CCO2. The van der Waals surface area contributed by atoms with Crippen LogP contribution in [0.1, 0.15) is 74.7 Å². The predicted molar refractivity (Wildman–Crippen MR) is 114 cm³/mol. The Morgan fingerprint density at radius 3 is 2.67 bits per heavy atom. The number of carbonyl (C=O) groups excluding carboxylic acids is 2. The molecule has 1 aromatic heterocycles. The highest BCUT2D eigenvalue weighted by Gasteiger charge is 2.42. The number of nitrogens with zero attached hydrogens (tertiary/aromatic N) is 2. The molecular weight excluding hydrogens is 406 g/mol. The molecule has 1 spiro atoms. The lowest BCUT2D eigenvalue weighted by Gasteiger charge is -2.44. The second-order valence-electron chi connectivity index (χ2n) is 8.88. The zero-order chi connectivity index (χ0) is 21.9. The molecule has 0 saturated carbocycles. The summed E-state index contributed by atoms with van der Waals surface area (Å²) in [5.41, 5.74) is 0.490. The lowest BCUT2D eigenvalue weighted by Crippen LogP contribution is -2.52. The van der Waals surface area contributed by atoms with Crippen LogP contribution in [0.2, 0.25) is 0 Å². The van der Waals surface area contributed by atoms with E-state index >= 15 is 0 Å². The summed E-state index contributed by atoms with van der Waals surface area (Å²) in [5.74, 6) is 0.929. The second-order valence-corrected chi connectivity index (χ2v) is 11.4. The van der Waals surface area contributed by atoms with Crippen LogP contribution in [-0.4, -0.2) is 50.9 Å². The number of ether oxygens (including phenoxy) is 1. The number of rotatable bonds is 5. The first-order chi connectivity index (χ1) is 14.2. The molecule has 3 heterocycles. The van der Waals surface area contributed by atoms with Gasteiger partial charge >= 0.3 is 0 Å². The summed E-state index contributed by atoms with van der Waals surface area (Å²) in [6.45, 7) is 8.18. The number of amides is 2. The average Bonchev–Trinajstić information content (AvgIpc) is 3.05. The van der Waals surface area contributed by atoms with Crippen molar-refractivity contribution in [1.82, 2.24) is 10.5 Å². The third-order valence-corrected chi connectivity index (χ3v) is 8.12. The molecule has 3 rings (SSSR count). The van der Waals surface area contributed by atoms with Crippen LogP contribution in [0.4, 0.5) is 0 Å². The first-order valence-corrected chi connectivity index (χ1v) is 12.7. The average molecular weight is 440 g/mol. The van der Waals surface area contributed by atoms with Crippen molar-refractivity contribution in [3.63, 3.8) is 0 Å². The molecule has 1 N–H and O–H groups in total. The van der Waals surface area contributed by atoms with Crippen LogP contribution in [0.3, 0.4) is 0 Å². The summed E-state index contributed by atoms with van der Waals surface area (Å²) < 4.78 is 28.6. The fourth-order valence-electron chi connectivity index (χ4n) is 4.30. The normalized spacial score (nSPS) is 29.2. The van der Waals surface area contributed by atoms with Crippen LogP contribution in [0.15, 0.2) is 8.89 Å². The second kappa shape index (κ2) is 9.18. The van der Waals surface area contributed by atoms with E-state index in [-0.39, 0.29) is 11.9 Å². The minimum atomic E-state index is -2.65. The molecule has 2 aliphatic rings. The molecule has 168 valence electrons. The van der Waals surface area contributed by atoms with Crippen LogP contribution >= 0.6 is 0 Å². The van der Waals surface area contributed by atoms with Crippen molar-refractivity contribution in [1.29, 1.82) is 0 Å². The van der Waals surface area contributed by atoms with Crippen LogP contribution in [0.25, 0.3) is 0 Å². The number of carbonyl (C=O) groups is 2. The highest BCUT2D eigenvalue weighted by molar-refractivity contribution is 7.93. The summed E-state index contributed by atoms with van der Waals surface area (Å²) in [6.07, 6.45) is 3.71. The highest BCUT2D eigenvalue weighted by Crippen LogP contribution is 2.36. The Morgan fingerprint density at radius 1 is 1.33 bits per heavy atom. The van der Waals surface area contributed by atoms with Crippen molar-refractivity contribution >= 4 is 21.5 Å². The third kappa shape index (κ3) is 5.29. The molecule has 0 bridgehead atoms. The van der Waals surface area contributed by atoms with E-state index in [1.165, 1.54) is 0 Å². The summed E-state index contributed by atoms with van der Waals surface area (Å²) in [6, 6.07) is 0.0736. The van der Waals surface area contributed by atoms with Crippen LogP contribution in [0, 0.1) is 12.8 Å². The topological polar surface area (TPSA) is 111 Å². The van der Waals surface area contributed by atoms with Gasteiger partial charge in [-0.15, -0.1) is 0 Å². The highest BCUT2D eigenvalue weighted by atomic mass is 32.2. The fourth-order valence-corrected chi connectivity index (χ4v) is 6.46. The van der Waals surface area contributed by atoms with E-state index in [0.717, 1.165) is 6.42 Å². The summed E-state index contributed by atoms with van der Waals surface area (Å²) in [4.78, 5) is 24.8. The lowest BCUT2D eigenvalue weighted by molar-refractivity contribution is -0.126. The summed E-state index contributed by atoms with van der Waals surface area (Å²) in [5, 5.41) is 7.01. The fraction of sp³-hybridized carbons (Fsp3) is 0.762. The van der Waals surface area contributed by atoms with E-state index in [4.69, 9.17) is 9.26 Å². The van der Waals surface area contributed by atoms with Gasteiger partial charge in [-0.05, 0) is 44.9 Å². The zero-order valence-corrected chi connectivity index (χ0v) is 19.2. The van der Waals surface area contributed by atoms with Gasteiger partial charge in [0.2, 0.25) is 5.91 Å². The zero-order valence-electron chi connectivity index (χ0n) is 18.4. The third-order valence-electron chi connectivity index (χ3n) is 5.94. The smallest absolute Gasteiger partial charge is 0.290 e. The van der Waals surface area contributed by atoms with Gasteiger partial charge in [-0.1, -0.05) is 25.9 Å². The Bertz CT molecular complexity index is 900. The molecule has 1 aromatic rings. The molecule has 2 amide bonds. The van der Waals surface area contributed by atoms with Crippen molar-refractivity contribution in [2.24, 2.45) is 10.3 Å². The van der Waals surface area contributed by atoms with Gasteiger partial charge in [0.25, 0.3) is 5.91 Å². The molecule has 2 fully saturated rings. The van der Waals surface area contributed by atoms with Crippen LogP contribution in [0.5, 0.6) is 0 Å². The van der Waals surface area contributed by atoms with Gasteiger partial charge in [0.05, 0.1) is 21.0 Å². The first kappa shape index (κ1) is 22.9. The van der Waals surface area contributed by atoms with Crippen LogP contribution in [-0.2, 0) is 25.7 Å². The molecule has 9 heteroatoms. The number of aryl methyl sites for hydroxylation is 2. The molecule has 8 nitrogen and oxygen atoms in total. The summed E-state index contributed by atoms with van der Waals surface area (Å²) in [7, 11) is -2.65. The lowest BCUT2D eigenvalue weighted by atomic mass is 9.85. The maximum atomic E-state index is 13.3.